The normalized spacial score (nSPS) is 13.7. The number of amides is 2. The van der Waals surface area contributed by atoms with Gasteiger partial charge in [0.1, 0.15) is 23.4 Å². The molecule has 0 radical (unpaired) electrons. The molecule has 1 aliphatic heterocycles. The Kier molecular flexibility index (Phi) is 9.75. The number of benzene rings is 2. The number of carbonyl (C=O) groups is 2. The molecular formula is C24H29N3O6S. The fourth-order valence-electron chi connectivity index (χ4n) is 3.09. The summed E-state index contributed by atoms with van der Waals surface area (Å²) in [6.07, 6.45) is -0.221. The Hall–Kier alpha value is -3.08. The lowest BCUT2D eigenvalue weighted by Crippen LogP contribution is -2.27. The Morgan fingerprint density at radius 3 is 2.44 bits per heavy atom. The Bertz CT molecular complexity index is 1010. The fraction of sp³-hybridized carbons (Fsp3) is 0.375. The van der Waals surface area contributed by atoms with Crippen LogP contribution in [0.5, 0.6) is 17.2 Å². The van der Waals surface area contributed by atoms with Crippen LogP contribution in [-0.2, 0) is 9.47 Å². The molecule has 1 atom stereocenters. The molecule has 0 aromatic heterocycles. The first-order valence-electron chi connectivity index (χ1n) is 10.8. The predicted octanol–water partition coefficient (Wildman–Crippen LogP) is 3.10. The minimum absolute atomic E-state index is 0.196. The summed E-state index contributed by atoms with van der Waals surface area (Å²) >= 11 is 1.50. The van der Waals surface area contributed by atoms with Gasteiger partial charge in [-0.1, -0.05) is 11.8 Å². The first-order valence-corrected chi connectivity index (χ1v) is 11.8. The molecule has 10 heteroatoms. The van der Waals surface area contributed by atoms with Gasteiger partial charge >= 0.3 is 0 Å². The van der Waals surface area contributed by atoms with Gasteiger partial charge in [-0.3, -0.25) is 14.6 Å². The third-order valence-electron chi connectivity index (χ3n) is 4.63. The van der Waals surface area contributed by atoms with Gasteiger partial charge in [0.05, 0.1) is 19.8 Å². The van der Waals surface area contributed by atoms with E-state index in [1.54, 1.807) is 56.7 Å². The van der Waals surface area contributed by atoms with E-state index in [-0.39, 0.29) is 17.9 Å². The van der Waals surface area contributed by atoms with Gasteiger partial charge in [0, 0.05) is 43.7 Å². The van der Waals surface area contributed by atoms with Crippen molar-refractivity contribution in [2.24, 2.45) is 4.99 Å². The minimum atomic E-state index is -0.300. The molecule has 0 bridgehead atoms. The molecule has 34 heavy (non-hydrogen) atoms. The van der Waals surface area contributed by atoms with E-state index in [1.165, 1.54) is 11.8 Å². The predicted molar refractivity (Wildman–Crippen MR) is 131 cm³/mol. The molecule has 1 aliphatic rings. The van der Waals surface area contributed by atoms with Crippen LogP contribution >= 0.6 is 11.8 Å². The first kappa shape index (κ1) is 25.5. The summed E-state index contributed by atoms with van der Waals surface area (Å²) in [5.41, 5.74) is 0.880. The lowest BCUT2D eigenvalue weighted by atomic mass is 10.1. The van der Waals surface area contributed by atoms with Crippen molar-refractivity contribution in [3.63, 3.8) is 0 Å². The largest absolute Gasteiger partial charge is 0.488 e. The van der Waals surface area contributed by atoms with Crippen molar-refractivity contribution in [3.05, 3.63) is 53.6 Å². The Labute approximate surface area is 203 Å². The van der Waals surface area contributed by atoms with Crippen molar-refractivity contribution in [2.45, 2.75) is 13.0 Å². The monoisotopic (exact) mass is 487 g/mol. The van der Waals surface area contributed by atoms with Gasteiger partial charge in [-0.05, 0) is 43.3 Å². The van der Waals surface area contributed by atoms with E-state index in [1.807, 2.05) is 6.92 Å². The molecule has 0 saturated carbocycles. The Balaban J connectivity index is 1.76. The molecule has 2 amide bonds. The number of amidine groups is 1. The smallest absolute Gasteiger partial charge is 0.257 e. The maximum absolute atomic E-state index is 12.8. The number of hydrogen-bond acceptors (Lipinski definition) is 8. The zero-order chi connectivity index (χ0) is 24.3. The molecule has 2 aromatic rings. The van der Waals surface area contributed by atoms with Crippen molar-refractivity contribution in [1.82, 2.24) is 10.6 Å². The number of nitrogens with one attached hydrogen (secondary N) is 2. The second-order valence-electron chi connectivity index (χ2n) is 7.44. The van der Waals surface area contributed by atoms with Gasteiger partial charge in [0.25, 0.3) is 11.8 Å². The molecule has 2 N–H and O–H groups in total. The first-order chi connectivity index (χ1) is 16.5. The summed E-state index contributed by atoms with van der Waals surface area (Å²) in [4.78, 5) is 29.2. The summed E-state index contributed by atoms with van der Waals surface area (Å²) in [6.45, 7) is 3.83. The molecule has 0 saturated heterocycles. The molecule has 0 unspecified atom stereocenters. The maximum atomic E-state index is 12.8. The Morgan fingerprint density at radius 2 is 1.76 bits per heavy atom. The van der Waals surface area contributed by atoms with Crippen LogP contribution in [0.2, 0.25) is 0 Å². The molecule has 3 rings (SSSR count). The number of thioether (sulfide) groups is 1. The van der Waals surface area contributed by atoms with Gasteiger partial charge < -0.3 is 29.6 Å². The van der Waals surface area contributed by atoms with Crippen LogP contribution in [0.3, 0.4) is 0 Å². The number of rotatable bonds is 11. The highest BCUT2D eigenvalue weighted by molar-refractivity contribution is 8.14. The summed E-state index contributed by atoms with van der Waals surface area (Å²) in [7, 11) is 3.17. The third-order valence-corrected chi connectivity index (χ3v) is 5.52. The molecule has 182 valence electrons. The zero-order valence-electron chi connectivity index (χ0n) is 19.5. The van der Waals surface area contributed by atoms with Crippen LogP contribution in [0.25, 0.3) is 0 Å². The van der Waals surface area contributed by atoms with E-state index in [0.717, 1.165) is 5.75 Å². The summed E-state index contributed by atoms with van der Waals surface area (Å²) in [5.74, 6) is 1.76. The number of methoxy groups -OCH3 is 2. The van der Waals surface area contributed by atoms with E-state index in [9.17, 15) is 9.59 Å². The molecular weight excluding hydrogens is 458 g/mol. The summed E-state index contributed by atoms with van der Waals surface area (Å²) < 4.78 is 22.0. The van der Waals surface area contributed by atoms with Crippen LogP contribution in [0.4, 0.5) is 0 Å². The van der Waals surface area contributed by atoms with Crippen LogP contribution in [0.15, 0.2) is 47.5 Å². The summed E-state index contributed by atoms with van der Waals surface area (Å²) in [6, 6.07) is 11.7. The number of aliphatic imine (C=N–C) groups is 1. The molecule has 2 aromatic carbocycles. The highest BCUT2D eigenvalue weighted by Crippen LogP contribution is 2.29. The van der Waals surface area contributed by atoms with Crippen molar-refractivity contribution < 1.29 is 28.5 Å². The minimum Gasteiger partial charge on any atom is -0.488 e. The standard InChI is InChI=1S/C24H29N3O6S/c1-16(15-31-3)32-20-12-18(23(29)27-24-26-9-11-34-24)13-21(14-20)33-19-6-4-17(5-7-19)22(28)25-8-10-30-2/h4-7,12-14,16H,8-11,15H2,1-3H3,(H,25,28)(H,26,27,29)/t16-/m0/s1. The van der Waals surface area contributed by atoms with E-state index < -0.39 is 0 Å². The zero-order valence-corrected chi connectivity index (χ0v) is 20.3. The van der Waals surface area contributed by atoms with E-state index in [4.69, 9.17) is 18.9 Å². The molecule has 0 aliphatic carbocycles. The average Bonchev–Trinajstić information content (AvgIpc) is 3.32. The van der Waals surface area contributed by atoms with Gasteiger partial charge in [-0.2, -0.15) is 0 Å². The van der Waals surface area contributed by atoms with Gasteiger partial charge in [0.2, 0.25) is 0 Å². The molecule has 9 nitrogen and oxygen atoms in total. The fourth-order valence-corrected chi connectivity index (χ4v) is 3.81. The van der Waals surface area contributed by atoms with Crippen LogP contribution in [0.1, 0.15) is 27.6 Å². The lowest BCUT2D eigenvalue weighted by molar-refractivity contribution is 0.0913. The van der Waals surface area contributed by atoms with E-state index in [2.05, 4.69) is 15.6 Å². The van der Waals surface area contributed by atoms with E-state index in [0.29, 0.717) is 59.8 Å². The van der Waals surface area contributed by atoms with Crippen molar-refractivity contribution >= 4 is 28.7 Å². The third kappa shape index (κ3) is 7.75. The topological polar surface area (TPSA) is 107 Å². The number of nitrogens with zero attached hydrogens (tertiary/aromatic N) is 1. The van der Waals surface area contributed by atoms with Gasteiger partial charge in [0.15, 0.2) is 5.17 Å². The maximum Gasteiger partial charge on any atom is 0.257 e. The highest BCUT2D eigenvalue weighted by atomic mass is 32.2. The Morgan fingerprint density at radius 1 is 1.00 bits per heavy atom. The van der Waals surface area contributed by atoms with Crippen LogP contribution in [0, 0.1) is 0 Å². The molecule has 0 fully saturated rings. The van der Waals surface area contributed by atoms with Gasteiger partial charge in [-0.15, -0.1) is 0 Å². The van der Waals surface area contributed by atoms with Crippen molar-refractivity contribution in [1.29, 1.82) is 0 Å². The van der Waals surface area contributed by atoms with E-state index >= 15 is 0 Å². The number of ether oxygens (including phenoxy) is 4. The lowest BCUT2D eigenvalue weighted by Gasteiger charge is -2.16. The van der Waals surface area contributed by atoms with Crippen molar-refractivity contribution in [2.75, 3.05) is 46.3 Å². The quantitative estimate of drug-likeness (QED) is 0.469. The molecule has 1 heterocycles. The summed E-state index contributed by atoms with van der Waals surface area (Å²) in [5, 5.41) is 6.19. The average molecular weight is 488 g/mol. The second-order valence-corrected chi connectivity index (χ2v) is 8.53. The van der Waals surface area contributed by atoms with Crippen molar-refractivity contribution in [3.8, 4) is 17.2 Å². The number of carbonyl (C=O) groups excluding carboxylic acids is 2. The second kappa shape index (κ2) is 13.0. The molecule has 0 spiro atoms. The SMILES string of the molecule is COCCNC(=O)c1ccc(Oc2cc(O[C@@H](C)COC)cc(C(=O)NC3=NCCS3)c2)cc1. The van der Waals surface area contributed by atoms with Gasteiger partial charge in [-0.25, -0.2) is 0 Å². The van der Waals surface area contributed by atoms with Crippen LogP contribution in [-0.4, -0.2) is 69.4 Å². The van der Waals surface area contributed by atoms with Crippen LogP contribution < -0.4 is 20.1 Å². The number of hydrogen-bond donors (Lipinski definition) is 2. The highest BCUT2D eigenvalue weighted by Gasteiger charge is 2.16.